The van der Waals surface area contributed by atoms with E-state index in [9.17, 15) is 14.7 Å². The fourth-order valence-corrected chi connectivity index (χ4v) is 9.91. The largest absolute Gasteiger partial charge is 0.507 e. The monoisotopic (exact) mass is 795 g/mol. The number of nitrogens with zero attached hydrogens (tertiary/aromatic N) is 2. The molecule has 288 valence electrons. The molecule has 6 atom stereocenters. The minimum Gasteiger partial charge on any atom is -0.507 e. The molecule has 2 N–H and O–H groups in total. The summed E-state index contributed by atoms with van der Waals surface area (Å²) < 4.78 is 16.9. The minimum absolute atomic E-state index is 0.0491. The summed E-state index contributed by atoms with van der Waals surface area (Å²) in [4.78, 5) is 60.8. The van der Waals surface area contributed by atoms with E-state index < -0.39 is 46.8 Å². The van der Waals surface area contributed by atoms with Crippen molar-refractivity contribution in [1.82, 2.24) is 5.01 Å². The zero-order valence-corrected chi connectivity index (χ0v) is 32.6. The zero-order chi connectivity index (χ0) is 39.6. The molecule has 0 bridgehead atoms. The molecule has 3 fully saturated rings. The lowest BCUT2D eigenvalue weighted by Crippen LogP contribution is -2.53. The fourth-order valence-electron chi connectivity index (χ4n) is 9.46. The molecule has 2 saturated heterocycles. The Morgan fingerprint density at radius 2 is 1.54 bits per heavy atom. The van der Waals surface area contributed by atoms with Gasteiger partial charge in [0.2, 0.25) is 11.8 Å². The van der Waals surface area contributed by atoms with E-state index in [0.29, 0.717) is 33.3 Å². The number of benzene rings is 4. The second kappa shape index (κ2) is 14.2. The van der Waals surface area contributed by atoms with Gasteiger partial charge >= 0.3 is 0 Å². The highest BCUT2D eigenvalue weighted by atomic mass is 35.5. The summed E-state index contributed by atoms with van der Waals surface area (Å²) in [6, 6.07) is 22.0. The summed E-state index contributed by atoms with van der Waals surface area (Å²) in [5.41, 5.74) is 4.44. The second-order valence-corrected chi connectivity index (χ2v) is 15.4. The molecule has 4 aliphatic rings. The normalized spacial score (nSPS) is 25.4. The summed E-state index contributed by atoms with van der Waals surface area (Å²) in [6.45, 7) is 2.03. The predicted octanol–water partition coefficient (Wildman–Crippen LogP) is 7.48. The molecule has 2 aliphatic carbocycles. The van der Waals surface area contributed by atoms with Crippen LogP contribution in [0.4, 0.5) is 11.4 Å². The maximum Gasteiger partial charge on any atom is 0.260 e. The number of carbonyl (C=O) groups is 4. The SMILES string of the molecule is CCc1ccc(N2C(=O)[C@H]3[C@H](CC=C4[C@H]3C[C@H]3C(=O)N(Nc5ccc(Cl)cc5Cl)C(=O)[C@@]3(c3ccc(OC)cc3)[C@H]4c3c(O)cc(OC)cc3OC)C2=O)cc1. The lowest BCUT2D eigenvalue weighted by molar-refractivity contribution is -0.138. The van der Waals surface area contributed by atoms with E-state index in [1.54, 1.807) is 54.6 Å². The number of ether oxygens (including phenoxy) is 3. The molecule has 2 aliphatic heterocycles. The first kappa shape index (κ1) is 37.4. The van der Waals surface area contributed by atoms with E-state index >= 15 is 9.59 Å². The number of anilines is 2. The minimum atomic E-state index is -1.70. The number of hydrazine groups is 1. The van der Waals surface area contributed by atoms with Gasteiger partial charge in [-0.1, -0.05) is 66.0 Å². The fraction of sp³-hybridized carbons (Fsp3) is 0.302. The summed E-state index contributed by atoms with van der Waals surface area (Å²) in [6.07, 6.45) is 2.97. The van der Waals surface area contributed by atoms with Gasteiger partial charge in [-0.25, -0.2) is 0 Å². The third-order valence-corrected chi connectivity index (χ3v) is 12.6. The zero-order valence-electron chi connectivity index (χ0n) is 31.0. The first-order valence-corrected chi connectivity index (χ1v) is 19.1. The number of halogens is 2. The molecule has 0 aromatic heterocycles. The van der Waals surface area contributed by atoms with Gasteiger partial charge in [0.25, 0.3) is 11.8 Å². The average molecular weight is 797 g/mol. The number of phenols is 1. The molecular weight excluding hydrogens is 757 g/mol. The Morgan fingerprint density at radius 3 is 2.18 bits per heavy atom. The molecule has 4 aromatic rings. The van der Waals surface area contributed by atoms with Gasteiger partial charge in [0.05, 0.1) is 60.9 Å². The van der Waals surface area contributed by atoms with Crippen LogP contribution in [0.5, 0.6) is 23.0 Å². The van der Waals surface area contributed by atoms with Crippen LogP contribution in [0.1, 0.15) is 42.4 Å². The number of rotatable bonds is 9. The predicted molar refractivity (Wildman–Crippen MR) is 210 cm³/mol. The van der Waals surface area contributed by atoms with Crippen molar-refractivity contribution >= 4 is 58.2 Å². The lowest BCUT2D eigenvalue weighted by Gasteiger charge is -2.50. The second-order valence-electron chi connectivity index (χ2n) is 14.5. The van der Waals surface area contributed by atoms with Crippen LogP contribution in [-0.2, 0) is 31.0 Å². The van der Waals surface area contributed by atoms with Crippen LogP contribution in [0.3, 0.4) is 0 Å². The first-order chi connectivity index (χ1) is 27.0. The number of hydrogen-bond acceptors (Lipinski definition) is 9. The molecule has 4 aromatic carbocycles. The van der Waals surface area contributed by atoms with E-state index in [4.69, 9.17) is 37.4 Å². The van der Waals surface area contributed by atoms with Crippen molar-refractivity contribution in [3.63, 3.8) is 0 Å². The third-order valence-electron chi connectivity index (χ3n) is 12.0. The van der Waals surface area contributed by atoms with Gasteiger partial charge < -0.3 is 19.3 Å². The number of nitrogens with one attached hydrogen (secondary N) is 1. The van der Waals surface area contributed by atoms with Crippen molar-refractivity contribution < 1.29 is 38.5 Å². The quantitative estimate of drug-likeness (QED) is 0.131. The van der Waals surface area contributed by atoms with Crippen molar-refractivity contribution in [3.8, 4) is 23.0 Å². The van der Waals surface area contributed by atoms with Crippen molar-refractivity contribution in [2.75, 3.05) is 31.7 Å². The lowest BCUT2D eigenvalue weighted by atomic mass is 9.49. The number of methoxy groups -OCH3 is 3. The van der Waals surface area contributed by atoms with Gasteiger partial charge in [0.15, 0.2) is 0 Å². The Labute approximate surface area is 333 Å². The summed E-state index contributed by atoms with van der Waals surface area (Å²) >= 11 is 12.8. The van der Waals surface area contributed by atoms with Gasteiger partial charge in [0, 0.05) is 28.6 Å². The highest BCUT2D eigenvalue weighted by molar-refractivity contribution is 6.36. The molecule has 4 amide bonds. The van der Waals surface area contributed by atoms with E-state index in [0.717, 1.165) is 17.0 Å². The molecule has 11 nitrogen and oxygen atoms in total. The molecule has 8 rings (SSSR count). The van der Waals surface area contributed by atoms with Crippen LogP contribution in [-0.4, -0.2) is 55.1 Å². The molecule has 13 heteroatoms. The average Bonchev–Trinajstić information content (AvgIpc) is 3.59. The molecule has 0 radical (unpaired) electrons. The molecular formula is C43H39Cl2N3O8. The Kier molecular flexibility index (Phi) is 9.49. The number of imide groups is 2. The number of allylic oxidation sites excluding steroid dienone is 2. The molecule has 0 unspecified atom stereocenters. The highest BCUT2D eigenvalue weighted by Crippen LogP contribution is 2.66. The topological polar surface area (TPSA) is 135 Å². The third kappa shape index (κ3) is 5.54. The van der Waals surface area contributed by atoms with Gasteiger partial charge in [-0.3, -0.25) is 29.5 Å². The van der Waals surface area contributed by atoms with Crippen LogP contribution in [0.25, 0.3) is 0 Å². The Balaban J connectivity index is 1.36. The highest BCUT2D eigenvalue weighted by Gasteiger charge is 2.71. The first-order valence-electron chi connectivity index (χ1n) is 18.3. The summed E-state index contributed by atoms with van der Waals surface area (Å²) in [7, 11) is 4.43. The van der Waals surface area contributed by atoms with Crippen molar-refractivity contribution in [2.45, 2.75) is 37.5 Å². The number of fused-ring (bicyclic) bond motifs is 4. The van der Waals surface area contributed by atoms with Gasteiger partial charge in [-0.15, -0.1) is 0 Å². The van der Waals surface area contributed by atoms with E-state index in [1.807, 2.05) is 25.1 Å². The number of carbonyl (C=O) groups excluding carboxylic acids is 4. The van der Waals surface area contributed by atoms with Crippen LogP contribution in [0.2, 0.25) is 10.0 Å². The van der Waals surface area contributed by atoms with Crippen molar-refractivity contribution in [3.05, 3.63) is 117 Å². The summed E-state index contributed by atoms with van der Waals surface area (Å²) in [5.74, 6) is -5.44. The number of aryl methyl sites for hydroxylation is 1. The van der Waals surface area contributed by atoms with E-state index in [-0.39, 0.29) is 52.4 Å². The summed E-state index contributed by atoms with van der Waals surface area (Å²) in [5, 5.41) is 13.5. The van der Waals surface area contributed by atoms with Crippen LogP contribution < -0.4 is 24.5 Å². The standard InChI is InChI=1S/C43H39Cl2N3O8/c1-5-22-6-11-25(12-7-22)47-39(50)29-16-15-28-30(36(29)41(47)52)21-31-40(51)48(46-33-17-10-24(44)18-32(33)45)42(53)43(31,23-8-13-26(54-2)14-9-23)38(28)37-34(49)19-27(55-3)20-35(37)56-4/h6-15,17-20,29-31,36,38,46,49H,5,16,21H2,1-4H3/t29-,30+,31-,36-,38+,43+/m0/s1. The number of aromatic hydroxyl groups is 1. The maximum absolute atomic E-state index is 15.6. The van der Waals surface area contributed by atoms with E-state index in [1.165, 1.54) is 38.4 Å². The number of amides is 4. The molecule has 56 heavy (non-hydrogen) atoms. The maximum atomic E-state index is 15.6. The van der Waals surface area contributed by atoms with Crippen LogP contribution in [0, 0.1) is 23.7 Å². The van der Waals surface area contributed by atoms with Crippen LogP contribution >= 0.6 is 23.2 Å². The van der Waals surface area contributed by atoms with Crippen molar-refractivity contribution in [2.24, 2.45) is 23.7 Å². The van der Waals surface area contributed by atoms with Gasteiger partial charge in [-0.05, 0) is 78.8 Å². The molecule has 2 heterocycles. The van der Waals surface area contributed by atoms with Gasteiger partial charge in [0.1, 0.15) is 23.0 Å². The molecule has 1 saturated carbocycles. The smallest absolute Gasteiger partial charge is 0.260 e. The Hall–Kier alpha value is -5.52. The number of phenolic OH excluding ortho intramolecular Hbond substituents is 1. The molecule has 0 spiro atoms. The van der Waals surface area contributed by atoms with Gasteiger partial charge in [-0.2, -0.15) is 5.01 Å². The Morgan fingerprint density at radius 1 is 0.821 bits per heavy atom. The van der Waals surface area contributed by atoms with E-state index in [2.05, 4.69) is 5.43 Å². The number of hydrogen-bond donors (Lipinski definition) is 2. The van der Waals surface area contributed by atoms with Crippen molar-refractivity contribution in [1.29, 1.82) is 0 Å². The Bertz CT molecular complexity index is 2310. The van der Waals surface area contributed by atoms with Crippen LogP contribution in [0.15, 0.2) is 90.5 Å².